The summed E-state index contributed by atoms with van der Waals surface area (Å²) in [4.78, 5) is 21.2. The molecular formula is C23H24ClFN4O6S2. The highest BCUT2D eigenvalue weighted by Gasteiger charge is 2.29. The predicted octanol–water partition coefficient (Wildman–Crippen LogP) is 3.45. The van der Waals surface area contributed by atoms with Crippen LogP contribution in [0.15, 0.2) is 36.7 Å². The molecule has 1 aromatic heterocycles. The second-order valence-electron chi connectivity index (χ2n) is 8.34. The van der Waals surface area contributed by atoms with Crippen molar-refractivity contribution >= 4 is 65.3 Å². The van der Waals surface area contributed by atoms with Gasteiger partial charge in [0.25, 0.3) is 0 Å². The van der Waals surface area contributed by atoms with Crippen molar-refractivity contribution in [3.63, 3.8) is 0 Å². The maximum atomic E-state index is 13.6. The minimum absolute atomic E-state index is 0.0670. The Kier molecular flexibility index (Phi) is 8.70. The van der Waals surface area contributed by atoms with E-state index in [2.05, 4.69) is 20.6 Å². The second kappa shape index (κ2) is 11.8. The molecule has 0 saturated carbocycles. The summed E-state index contributed by atoms with van der Waals surface area (Å²) in [6.45, 7) is -0.737. The van der Waals surface area contributed by atoms with E-state index in [0.717, 1.165) is 10.8 Å². The van der Waals surface area contributed by atoms with Crippen molar-refractivity contribution in [2.45, 2.75) is 30.6 Å². The molecule has 4 N–H and O–H groups in total. The first-order valence-corrected chi connectivity index (χ1v) is 14.7. The number of aromatic nitrogens is 2. The van der Waals surface area contributed by atoms with E-state index in [1.165, 1.54) is 24.5 Å². The number of carbonyl (C=O) groups is 1. The Bertz CT molecular complexity index is 1410. The van der Waals surface area contributed by atoms with Crippen LogP contribution < -0.4 is 15.4 Å². The first-order valence-electron chi connectivity index (χ1n) is 11.3. The Balaban J connectivity index is 1.59. The molecular weight excluding hydrogens is 547 g/mol. The molecule has 1 aliphatic rings. The molecule has 1 saturated heterocycles. The summed E-state index contributed by atoms with van der Waals surface area (Å²) >= 11 is 5.88. The van der Waals surface area contributed by atoms with Gasteiger partial charge in [0.2, 0.25) is 14.8 Å². The van der Waals surface area contributed by atoms with Crippen LogP contribution in [0.4, 0.5) is 21.6 Å². The van der Waals surface area contributed by atoms with E-state index in [4.69, 9.17) is 21.4 Å². The zero-order chi connectivity index (χ0) is 26.6. The number of ether oxygens (including phenoxy) is 1. The van der Waals surface area contributed by atoms with Gasteiger partial charge in [0.15, 0.2) is 0 Å². The molecule has 1 fully saturated rings. The third-order valence-electron chi connectivity index (χ3n) is 5.50. The highest BCUT2D eigenvalue weighted by Crippen LogP contribution is 2.36. The standard InChI is InChI=1S/C23H24ClFN4O6S2/c24-17-7-13(1-3-18(17)25)28-23-16-8-20(29-22(32)4-2-15-5-6-37(33,34)36-15)21(35-11-14(31)10-30)9-19(16)26-12-27-23/h1,3,7-9,12,14-15,30-31H,2,4-6,10-11H2,(H,29,32)(H,26,27,28). The first-order chi connectivity index (χ1) is 17.6. The summed E-state index contributed by atoms with van der Waals surface area (Å²) in [5.74, 6) is -0.244. The molecule has 1 amide bonds. The van der Waals surface area contributed by atoms with Gasteiger partial charge in [-0.05, 0) is 47.9 Å². The lowest BCUT2D eigenvalue weighted by atomic mass is 10.1. The van der Waals surface area contributed by atoms with Gasteiger partial charge in [-0.3, -0.25) is 4.79 Å². The third kappa shape index (κ3) is 7.20. The van der Waals surface area contributed by atoms with Crippen molar-refractivity contribution < 1.29 is 32.6 Å². The fraction of sp³-hybridized carbons (Fsp3) is 0.348. The maximum absolute atomic E-state index is 13.6. The molecule has 2 unspecified atom stereocenters. The Morgan fingerprint density at radius 3 is 2.81 bits per heavy atom. The quantitative estimate of drug-likeness (QED) is 0.267. The van der Waals surface area contributed by atoms with Gasteiger partial charge in [-0.1, -0.05) is 11.6 Å². The number of halogens is 2. The van der Waals surface area contributed by atoms with Crippen LogP contribution in [-0.2, 0) is 13.7 Å². The lowest BCUT2D eigenvalue weighted by Crippen LogP contribution is -2.22. The van der Waals surface area contributed by atoms with Gasteiger partial charge in [0.05, 0.1) is 28.6 Å². The van der Waals surface area contributed by atoms with Crippen molar-refractivity contribution in [3.05, 3.63) is 47.5 Å². The number of hydrogen-bond acceptors (Lipinski definition) is 10. The molecule has 2 heterocycles. The van der Waals surface area contributed by atoms with Gasteiger partial charge >= 0.3 is 0 Å². The number of aliphatic hydroxyl groups excluding tert-OH is 2. The molecule has 3 aromatic rings. The number of rotatable bonds is 10. The van der Waals surface area contributed by atoms with Gasteiger partial charge in [0, 0.05) is 28.8 Å². The molecule has 0 aliphatic carbocycles. The van der Waals surface area contributed by atoms with Crippen LogP contribution in [0.5, 0.6) is 5.75 Å². The summed E-state index contributed by atoms with van der Waals surface area (Å²) in [5, 5.41) is 25.0. The van der Waals surface area contributed by atoms with E-state index in [1.807, 2.05) is 0 Å². The topological polar surface area (TPSA) is 151 Å². The largest absolute Gasteiger partial charge is 0.489 e. The van der Waals surface area contributed by atoms with Crippen molar-refractivity contribution in [1.82, 2.24) is 9.97 Å². The first kappa shape index (κ1) is 27.3. The summed E-state index contributed by atoms with van der Waals surface area (Å²) in [6.07, 6.45) is 1.17. The highest BCUT2D eigenvalue weighted by molar-refractivity contribution is 8.72. The molecule has 10 nitrogen and oxygen atoms in total. The van der Waals surface area contributed by atoms with Crippen molar-refractivity contribution in [2.24, 2.45) is 0 Å². The van der Waals surface area contributed by atoms with Crippen LogP contribution in [0.25, 0.3) is 10.9 Å². The Morgan fingerprint density at radius 1 is 1.30 bits per heavy atom. The average molecular weight is 571 g/mol. The number of carbonyl (C=O) groups excluding carboxylic acids is 1. The van der Waals surface area contributed by atoms with Crippen LogP contribution >= 0.6 is 22.4 Å². The molecule has 37 heavy (non-hydrogen) atoms. The van der Waals surface area contributed by atoms with Crippen LogP contribution in [0, 0.1) is 5.82 Å². The number of hydrogen-bond donors (Lipinski definition) is 4. The maximum Gasteiger partial charge on any atom is 0.224 e. The summed E-state index contributed by atoms with van der Waals surface area (Å²) < 4.78 is 42.5. The molecule has 0 radical (unpaired) electrons. The molecule has 198 valence electrons. The van der Waals surface area contributed by atoms with Crippen molar-refractivity contribution in [2.75, 3.05) is 29.6 Å². The molecule has 1 aliphatic heterocycles. The van der Waals surface area contributed by atoms with Crippen LogP contribution in [0.3, 0.4) is 0 Å². The Labute approximate surface area is 220 Å². The van der Waals surface area contributed by atoms with E-state index in [1.54, 1.807) is 12.1 Å². The number of nitrogens with one attached hydrogen (secondary N) is 2. The minimum Gasteiger partial charge on any atom is -0.489 e. The lowest BCUT2D eigenvalue weighted by Gasteiger charge is -2.17. The molecule has 2 aromatic carbocycles. The van der Waals surface area contributed by atoms with Gasteiger partial charge < -0.3 is 25.6 Å². The molecule has 2 atom stereocenters. The van der Waals surface area contributed by atoms with Crippen molar-refractivity contribution in [1.29, 1.82) is 0 Å². The van der Waals surface area contributed by atoms with Gasteiger partial charge in [-0.15, -0.1) is 0 Å². The Hall–Kier alpha value is -2.71. The summed E-state index contributed by atoms with van der Waals surface area (Å²) in [5.41, 5.74) is 1.20. The van der Waals surface area contributed by atoms with Crippen LogP contribution in [0.2, 0.25) is 5.02 Å². The SMILES string of the molecule is O=C(CCC1CCS(=O)(=O)S1)Nc1cc2c(Nc3ccc(F)c(Cl)c3)ncnc2cc1OCC(O)CO. The Morgan fingerprint density at radius 2 is 2.11 bits per heavy atom. The van der Waals surface area contributed by atoms with E-state index >= 15 is 0 Å². The molecule has 0 spiro atoms. The van der Waals surface area contributed by atoms with E-state index in [-0.39, 0.29) is 46.4 Å². The fourth-order valence-corrected chi connectivity index (χ4v) is 7.87. The number of amides is 1. The van der Waals surface area contributed by atoms with E-state index in [0.29, 0.717) is 35.2 Å². The fourth-order valence-electron chi connectivity index (χ4n) is 3.63. The number of aliphatic hydroxyl groups is 2. The van der Waals surface area contributed by atoms with Crippen LogP contribution in [-0.4, -0.2) is 64.8 Å². The highest BCUT2D eigenvalue weighted by atomic mass is 35.5. The smallest absolute Gasteiger partial charge is 0.224 e. The molecule has 4 rings (SSSR count). The second-order valence-corrected chi connectivity index (χ2v) is 13.2. The van der Waals surface area contributed by atoms with Gasteiger partial charge in [-0.2, -0.15) is 0 Å². The van der Waals surface area contributed by atoms with E-state index in [9.17, 15) is 22.7 Å². The summed E-state index contributed by atoms with van der Waals surface area (Å²) in [7, 11) is -2.22. The average Bonchev–Trinajstić information content (AvgIpc) is 3.22. The zero-order valence-electron chi connectivity index (χ0n) is 19.4. The van der Waals surface area contributed by atoms with Gasteiger partial charge in [0.1, 0.15) is 36.4 Å². The number of anilines is 3. The summed E-state index contributed by atoms with van der Waals surface area (Å²) in [6, 6.07) is 7.26. The number of fused-ring (bicyclic) bond motifs is 1. The minimum atomic E-state index is -3.12. The van der Waals surface area contributed by atoms with Crippen molar-refractivity contribution in [3.8, 4) is 5.75 Å². The predicted molar refractivity (Wildman–Crippen MR) is 140 cm³/mol. The normalized spacial score (nSPS) is 17.5. The monoisotopic (exact) mass is 570 g/mol. The number of nitrogens with zero attached hydrogens (tertiary/aromatic N) is 2. The third-order valence-corrected chi connectivity index (χ3v) is 9.76. The van der Waals surface area contributed by atoms with Gasteiger partial charge in [-0.25, -0.2) is 22.8 Å². The lowest BCUT2D eigenvalue weighted by molar-refractivity contribution is -0.116. The number of benzene rings is 2. The molecule has 14 heteroatoms. The zero-order valence-corrected chi connectivity index (χ0v) is 21.7. The van der Waals surface area contributed by atoms with E-state index < -0.39 is 27.4 Å². The van der Waals surface area contributed by atoms with Crippen LogP contribution in [0.1, 0.15) is 19.3 Å². The molecule has 0 bridgehead atoms.